The monoisotopic (exact) mass is 280 g/mol. The number of hydrogen-bond acceptors (Lipinski definition) is 7. The summed E-state index contributed by atoms with van der Waals surface area (Å²) < 4.78 is 4.96. The van der Waals surface area contributed by atoms with Crippen molar-refractivity contribution in [2.45, 2.75) is 13.5 Å². The topological polar surface area (TPSA) is 90.2 Å². The molecule has 2 aromatic rings. The maximum Gasteiger partial charge on any atom is 0.311 e. The van der Waals surface area contributed by atoms with E-state index in [2.05, 4.69) is 15.3 Å². The molecule has 0 saturated carbocycles. The Kier molecular flexibility index (Phi) is 3.91. The van der Waals surface area contributed by atoms with Crippen LogP contribution in [-0.4, -0.2) is 22.0 Å². The largest absolute Gasteiger partial charge is 0.481 e. The predicted molar refractivity (Wildman–Crippen MR) is 71.6 cm³/mol. The molecule has 0 aliphatic rings. The summed E-state index contributed by atoms with van der Waals surface area (Å²) in [6.07, 6.45) is 1.76. The molecule has 0 bridgehead atoms. The summed E-state index contributed by atoms with van der Waals surface area (Å²) in [5.41, 5.74) is -0.0888. The molecule has 2 rings (SSSR count). The minimum atomic E-state index is -0.484. The van der Waals surface area contributed by atoms with Crippen molar-refractivity contribution in [1.82, 2.24) is 9.97 Å². The summed E-state index contributed by atoms with van der Waals surface area (Å²) in [6.45, 7) is 2.34. The number of thiazole rings is 1. The Bertz CT molecular complexity index is 599. The number of nitro groups is 1. The molecule has 7 nitrogen and oxygen atoms in total. The van der Waals surface area contributed by atoms with E-state index in [1.807, 2.05) is 6.92 Å². The highest BCUT2D eigenvalue weighted by molar-refractivity contribution is 7.11. The first-order chi connectivity index (χ1) is 9.10. The third-order valence-electron chi connectivity index (χ3n) is 2.33. The first-order valence-corrected chi connectivity index (χ1v) is 6.26. The highest BCUT2D eigenvalue weighted by Crippen LogP contribution is 2.25. The van der Waals surface area contributed by atoms with E-state index in [9.17, 15) is 10.1 Å². The fourth-order valence-electron chi connectivity index (χ4n) is 1.47. The van der Waals surface area contributed by atoms with Crippen LogP contribution >= 0.6 is 11.3 Å². The van der Waals surface area contributed by atoms with Gasteiger partial charge in [-0.25, -0.2) is 4.98 Å². The third-order valence-corrected chi connectivity index (χ3v) is 3.24. The number of pyridine rings is 1. The van der Waals surface area contributed by atoms with Crippen LogP contribution in [0.4, 0.5) is 11.5 Å². The molecule has 2 aromatic heterocycles. The van der Waals surface area contributed by atoms with E-state index < -0.39 is 4.92 Å². The highest BCUT2D eigenvalue weighted by atomic mass is 32.1. The first kappa shape index (κ1) is 13.2. The molecule has 0 aromatic carbocycles. The quantitative estimate of drug-likeness (QED) is 0.668. The van der Waals surface area contributed by atoms with Gasteiger partial charge >= 0.3 is 5.69 Å². The second-order valence-electron chi connectivity index (χ2n) is 3.70. The minimum Gasteiger partial charge on any atom is -0.481 e. The van der Waals surface area contributed by atoms with Crippen LogP contribution in [-0.2, 0) is 6.54 Å². The number of anilines is 1. The fraction of sp³-hybridized carbons (Fsp3) is 0.273. The van der Waals surface area contributed by atoms with Crippen LogP contribution in [0.15, 0.2) is 18.3 Å². The van der Waals surface area contributed by atoms with E-state index in [4.69, 9.17) is 4.74 Å². The van der Waals surface area contributed by atoms with Gasteiger partial charge in [-0.1, -0.05) is 0 Å². The molecule has 19 heavy (non-hydrogen) atoms. The van der Waals surface area contributed by atoms with Gasteiger partial charge in [0.2, 0.25) is 11.7 Å². The number of hydrogen-bond donors (Lipinski definition) is 1. The number of rotatable bonds is 5. The maximum atomic E-state index is 10.9. The van der Waals surface area contributed by atoms with Crippen molar-refractivity contribution in [3.05, 3.63) is 38.3 Å². The van der Waals surface area contributed by atoms with Crippen LogP contribution in [0.25, 0.3) is 0 Å². The molecule has 0 amide bonds. The van der Waals surface area contributed by atoms with Gasteiger partial charge in [-0.15, -0.1) is 11.3 Å². The maximum absolute atomic E-state index is 10.9. The minimum absolute atomic E-state index is 0.0888. The van der Waals surface area contributed by atoms with Crippen LogP contribution in [0, 0.1) is 17.0 Å². The van der Waals surface area contributed by atoms with Crippen LogP contribution in [0.5, 0.6) is 5.88 Å². The Morgan fingerprint density at radius 1 is 1.53 bits per heavy atom. The lowest BCUT2D eigenvalue weighted by Gasteiger charge is -2.06. The predicted octanol–water partition coefficient (Wildman–Crippen LogP) is 2.38. The van der Waals surface area contributed by atoms with Gasteiger partial charge in [0.1, 0.15) is 5.01 Å². The van der Waals surface area contributed by atoms with Gasteiger partial charge in [0.25, 0.3) is 0 Å². The van der Waals surface area contributed by atoms with Crippen molar-refractivity contribution >= 4 is 22.8 Å². The second-order valence-corrected chi connectivity index (χ2v) is 5.02. The van der Waals surface area contributed by atoms with E-state index in [1.54, 1.807) is 6.20 Å². The summed E-state index contributed by atoms with van der Waals surface area (Å²) in [5, 5.41) is 14.7. The van der Waals surface area contributed by atoms with E-state index in [-0.39, 0.29) is 11.5 Å². The molecule has 0 unspecified atom stereocenters. The zero-order valence-electron chi connectivity index (χ0n) is 10.4. The Balaban J connectivity index is 2.19. The zero-order chi connectivity index (χ0) is 13.8. The van der Waals surface area contributed by atoms with Crippen LogP contribution in [0.1, 0.15) is 9.88 Å². The molecule has 0 aliphatic carbocycles. The van der Waals surface area contributed by atoms with Crippen LogP contribution < -0.4 is 10.1 Å². The molecule has 0 fully saturated rings. The van der Waals surface area contributed by atoms with Gasteiger partial charge in [-0.05, 0) is 6.92 Å². The summed E-state index contributed by atoms with van der Waals surface area (Å²) >= 11 is 1.53. The van der Waals surface area contributed by atoms with Crippen molar-refractivity contribution in [3.63, 3.8) is 0 Å². The number of nitrogens with one attached hydrogen (secondary N) is 1. The smallest absolute Gasteiger partial charge is 0.311 e. The summed E-state index contributed by atoms with van der Waals surface area (Å²) in [7, 11) is 1.46. The number of aryl methyl sites for hydroxylation is 1. The molecule has 8 heteroatoms. The van der Waals surface area contributed by atoms with Gasteiger partial charge in [-0.3, -0.25) is 10.1 Å². The highest BCUT2D eigenvalue weighted by Gasteiger charge is 2.16. The van der Waals surface area contributed by atoms with E-state index in [0.717, 1.165) is 9.88 Å². The van der Waals surface area contributed by atoms with Crippen molar-refractivity contribution in [2.75, 3.05) is 12.4 Å². The van der Waals surface area contributed by atoms with Crippen LogP contribution in [0.3, 0.4) is 0 Å². The number of aromatic nitrogens is 2. The number of methoxy groups -OCH3 is 1. The zero-order valence-corrected chi connectivity index (χ0v) is 11.2. The summed E-state index contributed by atoms with van der Waals surface area (Å²) in [6, 6.07) is 2.82. The summed E-state index contributed by atoms with van der Waals surface area (Å²) in [5.74, 6) is 0.501. The van der Waals surface area contributed by atoms with Gasteiger partial charge in [-0.2, -0.15) is 4.98 Å². The average molecular weight is 280 g/mol. The lowest BCUT2D eigenvalue weighted by molar-refractivity contribution is -0.384. The van der Waals surface area contributed by atoms with Gasteiger partial charge in [0.05, 0.1) is 18.6 Å². The van der Waals surface area contributed by atoms with E-state index >= 15 is 0 Å². The second kappa shape index (κ2) is 5.61. The fourth-order valence-corrected chi connectivity index (χ4v) is 2.19. The SMILES string of the molecule is COc1ccc([N+](=O)[O-])c(NCc2ncc(C)s2)n1. The lowest BCUT2D eigenvalue weighted by Crippen LogP contribution is -2.05. The Hall–Kier alpha value is -2.22. The van der Waals surface area contributed by atoms with E-state index in [0.29, 0.717) is 12.4 Å². The van der Waals surface area contributed by atoms with Crippen molar-refractivity contribution in [1.29, 1.82) is 0 Å². The van der Waals surface area contributed by atoms with E-state index in [1.165, 1.54) is 30.6 Å². The van der Waals surface area contributed by atoms with Crippen molar-refractivity contribution in [2.24, 2.45) is 0 Å². The molecule has 100 valence electrons. The summed E-state index contributed by atoms with van der Waals surface area (Å²) in [4.78, 5) is 19.7. The van der Waals surface area contributed by atoms with Crippen molar-refractivity contribution < 1.29 is 9.66 Å². The molecular formula is C11H12N4O3S. The lowest BCUT2D eigenvalue weighted by atomic mass is 10.4. The van der Waals surface area contributed by atoms with Crippen LogP contribution in [0.2, 0.25) is 0 Å². The van der Waals surface area contributed by atoms with Gasteiger partial charge in [0, 0.05) is 23.2 Å². The Morgan fingerprint density at radius 3 is 2.89 bits per heavy atom. The van der Waals surface area contributed by atoms with Crippen molar-refractivity contribution in [3.8, 4) is 5.88 Å². The molecular weight excluding hydrogens is 268 g/mol. The van der Waals surface area contributed by atoms with Gasteiger partial charge < -0.3 is 10.1 Å². The molecule has 0 atom stereocenters. The molecule has 1 N–H and O–H groups in total. The molecule has 0 saturated heterocycles. The molecule has 0 spiro atoms. The number of nitrogens with zero attached hydrogens (tertiary/aromatic N) is 3. The standard InChI is InChI=1S/C11H12N4O3S/c1-7-5-12-10(19-7)6-13-11-8(15(16)17)3-4-9(14-11)18-2/h3-5H,6H2,1-2H3,(H,13,14). The van der Waals surface area contributed by atoms with Gasteiger partial charge in [0.15, 0.2) is 0 Å². The Labute approximate surface area is 113 Å². The molecule has 0 radical (unpaired) electrons. The molecule has 2 heterocycles. The third kappa shape index (κ3) is 3.16. The molecule has 0 aliphatic heterocycles. The Morgan fingerprint density at radius 2 is 2.32 bits per heavy atom. The average Bonchev–Trinajstić information content (AvgIpc) is 2.81. The number of ether oxygens (including phenoxy) is 1. The normalized spacial score (nSPS) is 10.2. The first-order valence-electron chi connectivity index (χ1n) is 5.44.